The highest BCUT2D eigenvalue weighted by molar-refractivity contribution is 6.23. The summed E-state index contributed by atoms with van der Waals surface area (Å²) in [6.45, 7) is 1.95. The van der Waals surface area contributed by atoms with E-state index in [1.165, 1.54) is 4.90 Å². The monoisotopic (exact) mass is 409 g/mol. The first-order valence-corrected chi connectivity index (χ1v) is 10.0. The lowest BCUT2D eigenvalue weighted by atomic mass is 9.90. The van der Waals surface area contributed by atoms with Crippen LogP contribution in [0.25, 0.3) is 0 Å². The van der Waals surface area contributed by atoms with Crippen molar-refractivity contribution in [3.63, 3.8) is 0 Å². The molecule has 3 aromatic rings. The van der Waals surface area contributed by atoms with E-state index in [9.17, 15) is 9.59 Å². The predicted octanol–water partition coefficient (Wildman–Crippen LogP) is 3.92. The number of imide groups is 1. The molecule has 0 saturated carbocycles. The quantitative estimate of drug-likeness (QED) is 0.613. The maximum absolute atomic E-state index is 13.5. The molecule has 31 heavy (non-hydrogen) atoms. The molecule has 5 rings (SSSR count). The molecule has 2 aliphatic rings. The summed E-state index contributed by atoms with van der Waals surface area (Å²) in [5.74, 6) is -1.34. The Bertz CT molecular complexity index is 1180. The number of para-hydroxylation sites is 1. The lowest BCUT2D eigenvalue weighted by Crippen LogP contribution is -2.37. The number of hydrogen-bond donors (Lipinski definition) is 0. The molecule has 0 aromatic heterocycles. The fourth-order valence-corrected chi connectivity index (χ4v) is 4.26. The number of hydroxylamine groups is 1. The van der Waals surface area contributed by atoms with Crippen molar-refractivity contribution in [3.8, 4) is 6.07 Å². The van der Waals surface area contributed by atoms with Gasteiger partial charge in [0.2, 0.25) is 5.91 Å². The van der Waals surface area contributed by atoms with E-state index in [2.05, 4.69) is 6.07 Å². The van der Waals surface area contributed by atoms with Crippen LogP contribution in [0.2, 0.25) is 0 Å². The van der Waals surface area contributed by atoms with E-state index >= 15 is 0 Å². The van der Waals surface area contributed by atoms with Crippen molar-refractivity contribution in [1.82, 2.24) is 0 Å². The first-order valence-electron chi connectivity index (χ1n) is 10.0. The normalized spacial score (nSPS) is 22.5. The summed E-state index contributed by atoms with van der Waals surface area (Å²) in [6, 6.07) is 25.4. The number of anilines is 2. The van der Waals surface area contributed by atoms with Crippen molar-refractivity contribution in [3.05, 3.63) is 95.6 Å². The molecule has 0 aliphatic carbocycles. The number of amides is 2. The maximum atomic E-state index is 13.5. The standard InChI is InChI=1S/C25H19N3O3/c1-16-7-13-19(14-8-16)27-24(29)21-22(18-11-9-17(15-26)10-12-18)28(31-23(21)25(27)30)20-5-3-2-4-6-20/h2-14,21-23H,1H3/t21-,22+,23+/m0/s1. The number of carbonyl (C=O) groups is 2. The number of aryl methyl sites for hydroxylation is 1. The Balaban J connectivity index is 1.58. The van der Waals surface area contributed by atoms with Gasteiger partial charge < -0.3 is 0 Å². The van der Waals surface area contributed by atoms with Gasteiger partial charge in [0.1, 0.15) is 5.92 Å². The van der Waals surface area contributed by atoms with Crippen molar-refractivity contribution >= 4 is 23.2 Å². The van der Waals surface area contributed by atoms with Crippen LogP contribution in [-0.2, 0) is 14.4 Å². The molecule has 3 atom stereocenters. The van der Waals surface area contributed by atoms with Crippen molar-refractivity contribution < 1.29 is 14.4 Å². The summed E-state index contributed by atoms with van der Waals surface area (Å²) in [6.07, 6.45) is -0.908. The molecule has 6 heteroatoms. The molecular weight excluding hydrogens is 390 g/mol. The van der Waals surface area contributed by atoms with Crippen LogP contribution in [0.15, 0.2) is 78.9 Å². The molecule has 2 heterocycles. The number of nitrogens with zero attached hydrogens (tertiary/aromatic N) is 3. The van der Waals surface area contributed by atoms with Crippen molar-refractivity contribution in [1.29, 1.82) is 5.26 Å². The maximum Gasteiger partial charge on any atom is 0.266 e. The second-order valence-electron chi connectivity index (χ2n) is 7.74. The number of benzene rings is 3. The molecule has 0 N–H and O–H groups in total. The predicted molar refractivity (Wildman–Crippen MR) is 115 cm³/mol. The zero-order chi connectivity index (χ0) is 21.5. The van der Waals surface area contributed by atoms with Crippen LogP contribution in [0.4, 0.5) is 11.4 Å². The molecule has 6 nitrogen and oxygen atoms in total. The summed E-state index contributed by atoms with van der Waals surface area (Å²) in [4.78, 5) is 34.1. The van der Waals surface area contributed by atoms with E-state index in [1.54, 1.807) is 29.3 Å². The molecule has 0 unspecified atom stereocenters. The van der Waals surface area contributed by atoms with E-state index < -0.39 is 18.1 Å². The molecule has 2 aliphatic heterocycles. The Kier molecular flexibility index (Phi) is 4.54. The molecule has 0 bridgehead atoms. The number of nitriles is 1. The summed E-state index contributed by atoms with van der Waals surface area (Å²) in [5.41, 5.74) is 3.69. The average Bonchev–Trinajstić information content (AvgIpc) is 3.31. The molecule has 3 aromatic carbocycles. The van der Waals surface area contributed by atoms with Crippen molar-refractivity contribution in [2.45, 2.75) is 19.1 Å². The highest BCUT2D eigenvalue weighted by atomic mass is 16.7. The number of rotatable bonds is 3. The van der Waals surface area contributed by atoms with Gasteiger partial charge in [-0.05, 0) is 48.9 Å². The first-order chi connectivity index (χ1) is 15.1. The molecule has 152 valence electrons. The SMILES string of the molecule is Cc1ccc(N2C(=O)[C@H]3[C@@H](c4ccc(C#N)cc4)N(c4ccccc4)O[C@H]3C2=O)cc1. The zero-order valence-corrected chi connectivity index (χ0v) is 16.8. The lowest BCUT2D eigenvalue weighted by molar-refractivity contribution is -0.126. The van der Waals surface area contributed by atoms with Gasteiger partial charge in [0, 0.05) is 0 Å². The number of fused-ring (bicyclic) bond motifs is 1. The van der Waals surface area contributed by atoms with Gasteiger partial charge in [-0.3, -0.25) is 14.4 Å². The highest BCUT2D eigenvalue weighted by Gasteiger charge is 2.60. The minimum Gasteiger partial charge on any atom is -0.273 e. The van der Waals surface area contributed by atoms with Crippen LogP contribution in [0.5, 0.6) is 0 Å². The average molecular weight is 409 g/mol. The third kappa shape index (κ3) is 3.07. The summed E-state index contributed by atoms with van der Waals surface area (Å²) in [5, 5.41) is 10.8. The second-order valence-corrected chi connectivity index (χ2v) is 7.74. The summed E-state index contributed by atoms with van der Waals surface area (Å²) >= 11 is 0. The van der Waals surface area contributed by atoms with Gasteiger partial charge in [-0.1, -0.05) is 48.0 Å². The van der Waals surface area contributed by atoms with E-state index in [1.807, 2.05) is 61.5 Å². The smallest absolute Gasteiger partial charge is 0.266 e. The first kappa shape index (κ1) is 19.0. The van der Waals surface area contributed by atoms with Crippen LogP contribution in [-0.4, -0.2) is 17.9 Å². The van der Waals surface area contributed by atoms with E-state index in [4.69, 9.17) is 10.1 Å². The fourth-order valence-electron chi connectivity index (χ4n) is 4.26. The van der Waals surface area contributed by atoms with E-state index in [-0.39, 0.29) is 11.8 Å². The van der Waals surface area contributed by atoms with Crippen LogP contribution in [0, 0.1) is 24.2 Å². The molecule has 0 spiro atoms. The Morgan fingerprint density at radius 2 is 1.52 bits per heavy atom. The molecule has 2 fully saturated rings. The molecule has 0 radical (unpaired) electrons. The second kappa shape index (κ2) is 7.38. The largest absolute Gasteiger partial charge is 0.273 e. The van der Waals surface area contributed by atoms with E-state index in [0.29, 0.717) is 11.3 Å². The van der Waals surface area contributed by atoms with E-state index in [0.717, 1.165) is 16.8 Å². The van der Waals surface area contributed by atoms with Crippen molar-refractivity contribution in [2.24, 2.45) is 5.92 Å². The Morgan fingerprint density at radius 1 is 0.839 bits per heavy atom. The van der Waals surface area contributed by atoms with Gasteiger partial charge >= 0.3 is 0 Å². The van der Waals surface area contributed by atoms with Gasteiger partial charge in [-0.25, -0.2) is 9.96 Å². The summed E-state index contributed by atoms with van der Waals surface area (Å²) < 4.78 is 0. The van der Waals surface area contributed by atoms with Crippen molar-refractivity contribution in [2.75, 3.05) is 9.96 Å². The third-order valence-electron chi connectivity index (χ3n) is 5.80. The number of hydrogen-bond acceptors (Lipinski definition) is 5. The van der Waals surface area contributed by atoms with Gasteiger partial charge in [-0.15, -0.1) is 0 Å². The Morgan fingerprint density at radius 3 is 2.16 bits per heavy atom. The fraction of sp³-hybridized carbons (Fsp3) is 0.160. The summed E-state index contributed by atoms with van der Waals surface area (Å²) in [7, 11) is 0. The van der Waals surface area contributed by atoms with Crippen LogP contribution < -0.4 is 9.96 Å². The van der Waals surface area contributed by atoms with Crippen LogP contribution in [0.1, 0.15) is 22.7 Å². The minimum absolute atomic E-state index is 0.286. The Labute approximate surface area is 179 Å². The van der Waals surface area contributed by atoms with Gasteiger partial charge in [0.15, 0.2) is 6.10 Å². The molecule has 2 saturated heterocycles. The highest BCUT2D eigenvalue weighted by Crippen LogP contribution is 2.47. The third-order valence-corrected chi connectivity index (χ3v) is 5.80. The van der Waals surface area contributed by atoms with Gasteiger partial charge in [0.25, 0.3) is 5.91 Å². The Hall–Kier alpha value is -3.95. The number of carbonyl (C=O) groups excluding carboxylic acids is 2. The minimum atomic E-state index is -0.908. The van der Waals surface area contributed by atoms with Gasteiger partial charge in [0.05, 0.1) is 29.0 Å². The topological polar surface area (TPSA) is 73.6 Å². The molecular formula is C25H19N3O3. The van der Waals surface area contributed by atoms with Gasteiger partial charge in [-0.2, -0.15) is 5.26 Å². The van der Waals surface area contributed by atoms with Crippen LogP contribution in [0.3, 0.4) is 0 Å². The molecule has 2 amide bonds. The lowest BCUT2D eigenvalue weighted by Gasteiger charge is -2.28. The zero-order valence-electron chi connectivity index (χ0n) is 16.8. The van der Waals surface area contributed by atoms with Crippen LogP contribution >= 0.6 is 0 Å².